The van der Waals surface area contributed by atoms with E-state index in [0.717, 1.165) is 22.3 Å². The second kappa shape index (κ2) is 6.07. The average Bonchev–Trinajstić information content (AvgIpc) is 2.98. The van der Waals surface area contributed by atoms with Crippen LogP contribution in [0.4, 0.5) is 0 Å². The normalized spacial score (nSPS) is 16.6. The Hall–Kier alpha value is -1.84. The van der Waals surface area contributed by atoms with E-state index in [9.17, 15) is 9.59 Å². The first-order chi connectivity index (χ1) is 9.54. The van der Waals surface area contributed by atoms with Crippen LogP contribution in [0.5, 0.6) is 0 Å². The van der Waals surface area contributed by atoms with Crippen molar-refractivity contribution in [2.24, 2.45) is 5.92 Å². The molecule has 0 bridgehead atoms. The summed E-state index contributed by atoms with van der Waals surface area (Å²) in [6.07, 6.45) is 5.03. The van der Waals surface area contributed by atoms with Crippen molar-refractivity contribution < 1.29 is 18.7 Å². The van der Waals surface area contributed by atoms with Gasteiger partial charge in [-0.2, -0.15) is 0 Å². The maximum Gasteiger partial charge on any atom is 0.312 e. The third-order valence-electron chi connectivity index (χ3n) is 3.84. The first-order valence-electron chi connectivity index (χ1n) is 6.98. The number of hydrogen-bond donors (Lipinski definition) is 0. The highest BCUT2D eigenvalue weighted by Crippen LogP contribution is 2.32. The largest absolute Gasteiger partial charge is 0.472 e. The highest BCUT2D eigenvalue weighted by atomic mass is 16.5. The molecule has 1 heterocycles. The number of esters is 1. The molecule has 2 rings (SSSR count). The van der Waals surface area contributed by atoms with Crippen LogP contribution in [0.1, 0.15) is 37.8 Å². The Balaban J connectivity index is 2.25. The second-order valence-electron chi connectivity index (χ2n) is 5.16. The van der Waals surface area contributed by atoms with Crippen LogP contribution in [0.3, 0.4) is 0 Å². The van der Waals surface area contributed by atoms with Gasteiger partial charge in [-0.25, -0.2) is 0 Å². The monoisotopic (exact) mass is 276 g/mol. The fourth-order valence-corrected chi connectivity index (χ4v) is 2.59. The molecule has 1 aromatic rings. The van der Waals surface area contributed by atoms with E-state index in [0.29, 0.717) is 25.9 Å². The molecule has 1 aliphatic rings. The molecule has 0 amide bonds. The number of carbonyl (C=O) groups is 2. The van der Waals surface area contributed by atoms with E-state index in [1.165, 1.54) is 0 Å². The molecule has 4 nitrogen and oxygen atoms in total. The molecule has 1 aliphatic carbocycles. The SMILES string of the molecule is CCOC(=O)C(C)C1=C(Cc2cocc2C)C(=O)CC1. The van der Waals surface area contributed by atoms with Gasteiger partial charge in [0.05, 0.1) is 25.1 Å². The molecular formula is C16H20O4. The number of rotatable bonds is 5. The third-order valence-corrected chi connectivity index (χ3v) is 3.84. The number of ether oxygens (including phenoxy) is 1. The molecule has 0 fully saturated rings. The highest BCUT2D eigenvalue weighted by molar-refractivity contribution is 6.00. The van der Waals surface area contributed by atoms with E-state index < -0.39 is 0 Å². The minimum absolute atomic E-state index is 0.136. The summed E-state index contributed by atoms with van der Waals surface area (Å²) in [7, 11) is 0. The Morgan fingerprint density at radius 1 is 1.40 bits per heavy atom. The van der Waals surface area contributed by atoms with Crippen LogP contribution in [-0.2, 0) is 20.7 Å². The second-order valence-corrected chi connectivity index (χ2v) is 5.16. The Bertz CT molecular complexity index is 551. The van der Waals surface area contributed by atoms with E-state index >= 15 is 0 Å². The van der Waals surface area contributed by atoms with Gasteiger partial charge in [0.2, 0.25) is 0 Å². The van der Waals surface area contributed by atoms with E-state index in [4.69, 9.17) is 9.15 Å². The van der Waals surface area contributed by atoms with Gasteiger partial charge in [-0.3, -0.25) is 9.59 Å². The van der Waals surface area contributed by atoms with E-state index in [2.05, 4.69) is 0 Å². The van der Waals surface area contributed by atoms with Crippen LogP contribution < -0.4 is 0 Å². The fourth-order valence-electron chi connectivity index (χ4n) is 2.59. The molecule has 1 aromatic heterocycles. The number of aryl methyl sites for hydroxylation is 1. The van der Waals surface area contributed by atoms with E-state index in [1.54, 1.807) is 19.5 Å². The summed E-state index contributed by atoms with van der Waals surface area (Å²) in [4.78, 5) is 23.9. The molecule has 0 radical (unpaired) electrons. The van der Waals surface area contributed by atoms with Gasteiger partial charge in [-0.1, -0.05) is 0 Å². The van der Waals surface area contributed by atoms with Crippen LogP contribution in [-0.4, -0.2) is 18.4 Å². The number of allylic oxidation sites excluding steroid dienone is 1. The van der Waals surface area contributed by atoms with Gasteiger partial charge >= 0.3 is 5.97 Å². The number of hydrogen-bond acceptors (Lipinski definition) is 4. The van der Waals surface area contributed by atoms with Crippen LogP contribution >= 0.6 is 0 Å². The summed E-state index contributed by atoms with van der Waals surface area (Å²) in [6.45, 7) is 5.91. The average molecular weight is 276 g/mol. The van der Waals surface area contributed by atoms with E-state index in [-0.39, 0.29) is 17.7 Å². The lowest BCUT2D eigenvalue weighted by molar-refractivity contribution is -0.146. The number of Topliss-reactive ketones (excluding diaryl/α,β-unsaturated/α-hetero) is 1. The summed E-state index contributed by atoms with van der Waals surface area (Å²) in [5, 5.41) is 0. The quantitative estimate of drug-likeness (QED) is 0.776. The summed E-state index contributed by atoms with van der Waals surface area (Å²) in [6, 6.07) is 0. The first kappa shape index (κ1) is 14.6. The Labute approximate surface area is 118 Å². The molecule has 0 spiro atoms. The molecule has 0 aliphatic heterocycles. The van der Waals surface area contributed by atoms with Crippen molar-refractivity contribution in [2.75, 3.05) is 6.61 Å². The van der Waals surface area contributed by atoms with Crippen molar-refractivity contribution >= 4 is 11.8 Å². The van der Waals surface area contributed by atoms with Gasteiger partial charge in [0.1, 0.15) is 0 Å². The van der Waals surface area contributed by atoms with Gasteiger partial charge < -0.3 is 9.15 Å². The Morgan fingerprint density at radius 3 is 2.75 bits per heavy atom. The Kier molecular flexibility index (Phi) is 4.42. The van der Waals surface area contributed by atoms with Crippen LogP contribution in [0.15, 0.2) is 28.1 Å². The molecule has 1 atom stereocenters. The standard InChI is InChI=1S/C16H20O4/c1-4-20-16(18)11(3)13-5-6-15(17)14(13)7-12-9-19-8-10(12)2/h8-9,11H,4-7H2,1-3H3. The Morgan fingerprint density at radius 2 is 2.15 bits per heavy atom. The summed E-state index contributed by atoms with van der Waals surface area (Å²) >= 11 is 0. The summed E-state index contributed by atoms with van der Waals surface area (Å²) in [5.74, 6) is -0.459. The highest BCUT2D eigenvalue weighted by Gasteiger charge is 2.30. The zero-order valence-electron chi connectivity index (χ0n) is 12.2. The minimum Gasteiger partial charge on any atom is -0.472 e. The molecule has 1 unspecified atom stereocenters. The molecule has 0 aromatic carbocycles. The van der Waals surface area contributed by atoms with Crippen molar-refractivity contribution in [1.29, 1.82) is 0 Å². The number of ketones is 1. The minimum atomic E-state index is -0.344. The first-order valence-corrected chi connectivity index (χ1v) is 6.98. The molecule has 20 heavy (non-hydrogen) atoms. The zero-order chi connectivity index (χ0) is 14.7. The predicted molar refractivity (Wildman–Crippen MR) is 74.2 cm³/mol. The molecule has 0 saturated carbocycles. The molecular weight excluding hydrogens is 256 g/mol. The fraction of sp³-hybridized carbons (Fsp3) is 0.500. The van der Waals surface area contributed by atoms with Crippen molar-refractivity contribution in [3.63, 3.8) is 0 Å². The van der Waals surface area contributed by atoms with E-state index in [1.807, 2.05) is 13.8 Å². The maximum atomic E-state index is 12.1. The number of carbonyl (C=O) groups excluding carboxylic acids is 2. The lowest BCUT2D eigenvalue weighted by atomic mass is 9.93. The van der Waals surface area contributed by atoms with Gasteiger partial charge in [0.15, 0.2) is 5.78 Å². The van der Waals surface area contributed by atoms with Gasteiger partial charge in [0, 0.05) is 12.8 Å². The van der Waals surface area contributed by atoms with Crippen molar-refractivity contribution in [1.82, 2.24) is 0 Å². The molecule has 108 valence electrons. The summed E-state index contributed by atoms with van der Waals surface area (Å²) < 4.78 is 10.2. The van der Waals surface area contributed by atoms with Gasteiger partial charge in [-0.05, 0) is 49.5 Å². The van der Waals surface area contributed by atoms with Crippen LogP contribution in [0.2, 0.25) is 0 Å². The third kappa shape index (κ3) is 2.84. The topological polar surface area (TPSA) is 56.5 Å². The smallest absolute Gasteiger partial charge is 0.312 e. The van der Waals surface area contributed by atoms with Crippen molar-refractivity contribution in [3.8, 4) is 0 Å². The van der Waals surface area contributed by atoms with Crippen molar-refractivity contribution in [3.05, 3.63) is 34.8 Å². The maximum absolute atomic E-state index is 12.1. The van der Waals surface area contributed by atoms with Crippen LogP contribution in [0.25, 0.3) is 0 Å². The van der Waals surface area contributed by atoms with Crippen molar-refractivity contribution in [2.45, 2.75) is 40.0 Å². The lowest BCUT2D eigenvalue weighted by Gasteiger charge is -2.13. The van der Waals surface area contributed by atoms with Gasteiger partial charge in [-0.15, -0.1) is 0 Å². The molecule has 0 N–H and O–H groups in total. The predicted octanol–water partition coefficient (Wildman–Crippen LogP) is 2.99. The van der Waals surface area contributed by atoms with Gasteiger partial charge in [0.25, 0.3) is 0 Å². The number of furan rings is 1. The lowest BCUT2D eigenvalue weighted by Crippen LogP contribution is -2.17. The molecule has 4 heteroatoms. The zero-order valence-corrected chi connectivity index (χ0v) is 12.2. The molecule has 0 saturated heterocycles. The summed E-state index contributed by atoms with van der Waals surface area (Å²) in [5.41, 5.74) is 3.72. The van der Waals surface area contributed by atoms with Crippen LogP contribution in [0, 0.1) is 12.8 Å².